The lowest BCUT2D eigenvalue weighted by Crippen LogP contribution is -2.13. The van der Waals surface area contributed by atoms with Gasteiger partial charge in [0.2, 0.25) is 5.88 Å². The fraction of sp³-hybridized carbons (Fsp3) is 0.286. The van der Waals surface area contributed by atoms with Crippen LogP contribution in [0.4, 0.5) is 22.0 Å². The Morgan fingerprint density at radius 3 is 2.40 bits per heavy atom. The second-order valence-corrected chi connectivity index (χ2v) is 3.63. The molecule has 1 aromatic heterocycles. The average molecular weight is 339 g/mol. The Kier molecular flexibility index (Phi) is 3.68. The third kappa shape index (κ3) is 3.43. The number of alkyl halides is 5. The molecule has 0 aromatic carbocycles. The SMILES string of the molecule is FC(F)Oc1ncc(I)cc1C(F)(F)F. The van der Waals surface area contributed by atoms with E-state index < -0.39 is 24.2 Å². The summed E-state index contributed by atoms with van der Waals surface area (Å²) in [4.78, 5) is 3.16. The Morgan fingerprint density at radius 2 is 1.93 bits per heavy atom. The topological polar surface area (TPSA) is 22.1 Å². The van der Waals surface area contributed by atoms with E-state index in [0.717, 1.165) is 6.20 Å². The van der Waals surface area contributed by atoms with Crippen molar-refractivity contribution in [3.63, 3.8) is 0 Å². The van der Waals surface area contributed by atoms with Gasteiger partial charge in [0.15, 0.2) is 0 Å². The summed E-state index contributed by atoms with van der Waals surface area (Å²) in [7, 11) is 0. The number of aromatic nitrogens is 1. The highest BCUT2D eigenvalue weighted by atomic mass is 127. The number of pyridine rings is 1. The molecule has 0 fully saturated rings. The van der Waals surface area contributed by atoms with Crippen molar-refractivity contribution in [1.82, 2.24) is 4.98 Å². The maximum atomic E-state index is 12.3. The van der Waals surface area contributed by atoms with Crippen LogP contribution in [0.3, 0.4) is 0 Å². The van der Waals surface area contributed by atoms with Crippen LogP contribution in [0.5, 0.6) is 5.88 Å². The maximum Gasteiger partial charge on any atom is 0.421 e. The zero-order chi connectivity index (χ0) is 11.6. The molecule has 15 heavy (non-hydrogen) atoms. The van der Waals surface area contributed by atoms with Gasteiger partial charge < -0.3 is 4.74 Å². The summed E-state index contributed by atoms with van der Waals surface area (Å²) in [6.07, 6.45) is -3.76. The van der Waals surface area contributed by atoms with E-state index in [9.17, 15) is 22.0 Å². The zero-order valence-corrected chi connectivity index (χ0v) is 9.01. The van der Waals surface area contributed by atoms with Crippen LogP contribution < -0.4 is 4.74 Å². The first kappa shape index (κ1) is 12.4. The standard InChI is InChI=1S/C7H3F5INO/c8-6(9)15-5-4(7(10,11)12)1-3(13)2-14-5/h1-2,6H. The molecule has 0 bridgehead atoms. The molecule has 0 spiro atoms. The molecule has 0 aliphatic carbocycles. The largest absolute Gasteiger partial charge is 0.421 e. The van der Waals surface area contributed by atoms with Crippen molar-refractivity contribution in [3.8, 4) is 5.88 Å². The molecule has 1 aromatic rings. The Hall–Kier alpha value is -0.670. The molecule has 0 saturated heterocycles. The maximum absolute atomic E-state index is 12.3. The van der Waals surface area contributed by atoms with Gasteiger partial charge in [-0.05, 0) is 28.7 Å². The molecule has 0 aliphatic heterocycles. The van der Waals surface area contributed by atoms with E-state index in [2.05, 4.69) is 9.72 Å². The first-order valence-electron chi connectivity index (χ1n) is 3.48. The lowest BCUT2D eigenvalue weighted by molar-refractivity contribution is -0.142. The molecular formula is C7H3F5INO. The molecule has 8 heteroatoms. The van der Waals surface area contributed by atoms with Gasteiger partial charge in [0.25, 0.3) is 0 Å². The highest BCUT2D eigenvalue weighted by molar-refractivity contribution is 14.1. The van der Waals surface area contributed by atoms with Crippen LogP contribution in [0.2, 0.25) is 0 Å². The number of ether oxygens (including phenoxy) is 1. The number of hydrogen-bond acceptors (Lipinski definition) is 2. The van der Waals surface area contributed by atoms with Gasteiger partial charge in [-0.1, -0.05) is 0 Å². The lowest BCUT2D eigenvalue weighted by Gasteiger charge is -2.12. The van der Waals surface area contributed by atoms with Crippen LogP contribution >= 0.6 is 22.6 Å². The number of nitrogens with zero attached hydrogens (tertiary/aromatic N) is 1. The minimum atomic E-state index is -4.77. The third-order valence-corrected chi connectivity index (χ3v) is 1.91. The normalized spacial score (nSPS) is 11.9. The molecule has 0 saturated carbocycles. The van der Waals surface area contributed by atoms with E-state index >= 15 is 0 Å². The smallest absolute Gasteiger partial charge is 0.416 e. The van der Waals surface area contributed by atoms with Gasteiger partial charge in [-0.15, -0.1) is 0 Å². The third-order valence-electron chi connectivity index (χ3n) is 1.32. The molecule has 1 heterocycles. The van der Waals surface area contributed by atoms with Gasteiger partial charge in [0, 0.05) is 9.77 Å². The lowest BCUT2D eigenvalue weighted by atomic mass is 10.2. The van der Waals surface area contributed by atoms with E-state index in [4.69, 9.17) is 0 Å². The first-order chi connectivity index (χ1) is 6.80. The van der Waals surface area contributed by atoms with Crippen LogP contribution in [-0.2, 0) is 6.18 Å². The van der Waals surface area contributed by atoms with Crippen molar-refractivity contribution in [2.24, 2.45) is 0 Å². The summed E-state index contributed by atoms with van der Waals surface area (Å²) in [6, 6.07) is 0.686. The summed E-state index contributed by atoms with van der Waals surface area (Å²) >= 11 is 1.59. The van der Waals surface area contributed by atoms with E-state index in [-0.39, 0.29) is 3.57 Å². The number of halogens is 6. The highest BCUT2D eigenvalue weighted by Crippen LogP contribution is 2.36. The molecule has 0 atom stereocenters. The zero-order valence-electron chi connectivity index (χ0n) is 6.86. The van der Waals surface area contributed by atoms with E-state index in [1.807, 2.05) is 0 Å². The van der Waals surface area contributed by atoms with Crippen LogP contribution in [0.25, 0.3) is 0 Å². The second kappa shape index (κ2) is 4.45. The van der Waals surface area contributed by atoms with Gasteiger partial charge in [-0.3, -0.25) is 0 Å². The summed E-state index contributed by atoms with van der Waals surface area (Å²) in [5.74, 6) is -1.11. The molecule has 0 aliphatic rings. The molecule has 0 unspecified atom stereocenters. The van der Waals surface area contributed by atoms with Crippen LogP contribution in [0.15, 0.2) is 12.3 Å². The van der Waals surface area contributed by atoms with Gasteiger partial charge in [-0.2, -0.15) is 22.0 Å². The molecular weight excluding hydrogens is 336 g/mol. The predicted molar refractivity (Wildman–Crippen MR) is 48.6 cm³/mol. The second-order valence-electron chi connectivity index (χ2n) is 2.38. The van der Waals surface area contributed by atoms with Crippen molar-refractivity contribution in [2.75, 3.05) is 0 Å². The minimum absolute atomic E-state index is 0.182. The number of rotatable bonds is 2. The monoisotopic (exact) mass is 339 g/mol. The van der Waals surface area contributed by atoms with Crippen molar-refractivity contribution in [2.45, 2.75) is 12.8 Å². The summed E-state index contributed by atoms with van der Waals surface area (Å²) in [6.45, 7) is -3.33. The van der Waals surface area contributed by atoms with Crippen molar-refractivity contribution in [1.29, 1.82) is 0 Å². The molecule has 0 radical (unpaired) electrons. The van der Waals surface area contributed by atoms with Crippen LogP contribution in [0, 0.1) is 3.57 Å². The first-order valence-corrected chi connectivity index (χ1v) is 4.56. The quantitative estimate of drug-likeness (QED) is 0.609. The molecule has 2 nitrogen and oxygen atoms in total. The Balaban J connectivity index is 3.15. The summed E-state index contributed by atoms with van der Waals surface area (Å²) in [5, 5.41) is 0. The fourth-order valence-electron chi connectivity index (χ4n) is 0.808. The molecule has 84 valence electrons. The Labute approximate surface area is 94.6 Å². The van der Waals surface area contributed by atoms with Gasteiger partial charge in [0.1, 0.15) is 5.56 Å². The Bertz CT molecular complexity index is 354. The fourth-order valence-corrected chi connectivity index (χ4v) is 1.26. The van der Waals surface area contributed by atoms with E-state index in [1.54, 1.807) is 22.6 Å². The summed E-state index contributed by atoms with van der Waals surface area (Å²) in [5.41, 5.74) is -1.31. The predicted octanol–water partition coefficient (Wildman–Crippen LogP) is 3.31. The van der Waals surface area contributed by atoms with Crippen LogP contribution in [0.1, 0.15) is 5.56 Å². The number of hydrogen-bond donors (Lipinski definition) is 0. The molecule has 1 rings (SSSR count). The minimum Gasteiger partial charge on any atom is -0.416 e. The van der Waals surface area contributed by atoms with Gasteiger partial charge in [-0.25, -0.2) is 4.98 Å². The molecule has 0 N–H and O–H groups in total. The van der Waals surface area contributed by atoms with Gasteiger partial charge >= 0.3 is 12.8 Å². The van der Waals surface area contributed by atoms with Gasteiger partial charge in [0.05, 0.1) is 0 Å². The van der Waals surface area contributed by atoms with Crippen LogP contribution in [-0.4, -0.2) is 11.6 Å². The van der Waals surface area contributed by atoms with E-state index in [0.29, 0.717) is 6.07 Å². The van der Waals surface area contributed by atoms with E-state index in [1.165, 1.54) is 0 Å². The average Bonchev–Trinajstić information content (AvgIpc) is 2.05. The van der Waals surface area contributed by atoms with Crippen molar-refractivity contribution >= 4 is 22.6 Å². The molecule has 0 amide bonds. The Morgan fingerprint density at radius 1 is 1.33 bits per heavy atom. The highest BCUT2D eigenvalue weighted by Gasteiger charge is 2.36. The van der Waals surface area contributed by atoms with Crippen molar-refractivity contribution in [3.05, 3.63) is 21.4 Å². The summed E-state index contributed by atoms with van der Waals surface area (Å²) < 4.78 is 64.3. The van der Waals surface area contributed by atoms with Crippen molar-refractivity contribution < 1.29 is 26.7 Å².